The molecule has 0 aliphatic carbocycles. The number of nitrogens with one attached hydrogen (secondary N) is 1. The number of hydrogen-bond donors (Lipinski definition) is 2. The molecule has 1 amide bonds. The van der Waals surface area contributed by atoms with Crippen molar-refractivity contribution >= 4 is 40.9 Å². The van der Waals surface area contributed by atoms with E-state index in [-0.39, 0.29) is 5.91 Å². The van der Waals surface area contributed by atoms with E-state index in [1.54, 1.807) is 18.2 Å². The van der Waals surface area contributed by atoms with Gasteiger partial charge in [-0.25, -0.2) is 0 Å². The van der Waals surface area contributed by atoms with E-state index in [2.05, 4.69) is 5.32 Å². The predicted octanol–water partition coefficient (Wildman–Crippen LogP) is 2.55. The lowest BCUT2D eigenvalue weighted by atomic mass is 10.4. The molecular weight excluding hydrogens is 279 g/mol. The summed E-state index contributed by atoms with van der Waals surface area (Å²) >= 11 is 13.2. The Balaban J connectivity index is 2.39. The lowest BCUT2D eigenvalue weighted by molar-refractivity contribution is -0.118. The number of carbonyl (C=O) groups is 1. The van der Waals surface area contributed by atoms with E-state index >= 15 is 0 Å². The van der Waals surface area contributed by atoms with Crippen LogP contribution in [-0.4, -0.2) is 24.7 Å². The molecule has 3 N–H and O–H groups in total. The Bertz CT molecular complexity index is 388. The monoisotopic (exact) mass is 292 g/mol. The fourth-order valence-corrected chi connectivity index (χ4v) is 2.43. The second-order valence-electron chi connectivity index (χ2n) is 3.36. The lowest BCUT2D eigenvalue weighted by Gasteiger charge is -2.06. The summed E-state index contributed by atoms with van der Waals surface area (Å²) in [7, 11) is 0. The number of thioether (sulfide) groups is 1. The predicted molar refractivity (Wildman–Crippen MR) is 73.9 cm³/mol. The summed E-state index contributed by atoms with van der Waals surface area (Å²) in [4.78, 5) is 12.3. The standard InChI is InChI=1S/C11H14Cl2N2OS/c12-8-2-3-9(13)10(6-8)17-7-11(16)15-5-1-4-14/h2-3,6H,1,4-5,7,14H2,(H,15,16). The lowest BCUT2D eigenvalue weighted by Crippen LogP contribution is -2.27. The van der Waals surface area contributed by atoms with Gasteiger partial charge in [0.15, 0.2) is 0 Å². The first-order valence-corrected chi connectivity index (χ1v) is 6.92. The third kappa shape index (κ3) is 5.64. The maximum Gasteiger partial charge on any atom is 0.230 e. The molecule has 94 valence electrons. The van der Waals surface area contributed by atoms with Gasteiger partial charge in [0.2, 0.25) is 5.91 Å². The molecule has 0 heterocycles. The molecule has 0 unspecified atom stereocenters. The van der Waals surface area contributed by atoms with E-state index in [4.69, 9.17) is 28.9 Å². The molecule has 0 aliphatic rings. The fraction of sp³-hybridized carbons (Fsp3) is 0.364. The fourth-order valence-electron chi connectivity index (χ4n) is 1.11. The number of halogens is 2. The van der Waals surface area contributed by atoms with Crippen LogP contribution < -0.4 is 11.1 Å². The van der Waals surface area contributed by atoms with Crippen LogP contribution in [0, 0.1) is 0 Å². The molecular formula is C11H14Cl2N2OS. The van der Waals surface area contributed by atoms with Crippen LogP contribution in [0.15, 0.2) is 23.1 Å². The molecule has 6 heteroatoms. The minimum absolute atomic E-state index is 0.0282. The third-order valence-electron chi connectivity index (χ3n) is 1.96. The Morgan fingerprint density at radius 2 is 2.18 bits per heavy atom. The van der Waals surface area contributed by atoms with Crippen molar-refractivity contribution < 1.29 is 4.79 Å². The summed E-state index contributed by atoms with van der Waals surface area (Å²) in [5.41, 5.74) is 5.33. The van der Waals surface area contributed by atoms with Crippen molar-refractivity contribution in [2.75, 3.05) is 18.8 Å². The first-order chi connectivity index (χ1) is 8.13. The molecule has 0 aromatic heterocycles. The van der Waals surface area contributed by atoms with Crippen molar-refractivity contribution in [1.29, 1.82) is 0 Å². The summed E-state index contributed by atoms with van der Waals surface area (Å²) in [5, 5.41) is 3.99. The first-order valence-electron chi connectivity index (χ1n) is 5.18. The van der Waals surface area contributed by atoms with Crippen LogP contribution >= 0.6 is 35.0 Å². The van der Waals surface area contributed by atoms with Gasteiger partial charge in [-0.3, -0.25) is 4.79 Å². The number of benzene rings is 1. The molecule has 0 saturated carbocycles. The minimum atomic E-state index is -0.0282. The summed E-state index contributed by atoms with van der Waals surface area (Å²) in [5.74, 6) is 0.296. The van der Waals surface area contributed by atoms with Gasteiger partial charge >= 0.3 is 0 Å². The summed E-state index contributed by atoms with van der Waals surface area (Å²) in [6.45, 7) is 1.19. The van der Waals surface area contributed by atoms with Crippen LogP contribution in [0.4, 0.5) is 0 Å². The molecule has 0 saturated heterocycles. The van der Waals surface area contributed by atoms with Gasteiger partial charge in [-0.2, -0.15) is 0 Å². The van der Waals surface area contributed by atoms with Crippen molar-refractivity contribution in [1.82, 2.24) is 5.32 Å². The van der Waals surface area contributed by atoms with Gasteiger partial charge in [-0.05, 0) is 31.2 Å². The number of amides is 1. The molecule has 3 nitrogen and oxygen atoms in total. The van der Waals surface area contributed by atoms with Crippen molar-refractivity contribution in [2.45, 2.75) is 11.3 Å². The van der Waals surface area contributed by atoms with Crippen molar-refractivity contribution in [3.05, 3.63) is 28.2 Å². The SMILES string of the molecule is NCCCNC(=O)CSc1cc(Cl)ccc1Cl. The molecule has 1 aromatic carbocycles. The molecule has 1 rings (SSSR count). The van der Waals surface area contributed by atoms with Crippen LogP contribution in [0.2, 0.25) is 10.0 Å². The number of hydrogen-bond acceptors (Lipinski definition) is 3. The van der Waals surface area contributed by atoms with Crippen molar-refractivity contribution in [3.63, 3.8) is 0 Å². The highest BCUT2D eigenvalue weighted by molar-refractivity contribution is 8.00. The van der Waals surface area contributed by atoms with Gasteiger partial charge in [0.25, 0.3) is 0 Å². The molecule has 1 aromatic rings. The van der Waals surface area contributed by atoms with E-state index < -0.39 is 0 Å². The van der Waals surface area contributed by atoms with Gasteiger partial charge in [0.05, 0.1) is 10.8 Å². The zero-order valence-electron chi connectivity index (χ0n) is 9.21. The van der Waals surface area contributed by atoms with Gasteiger partial charge in [-0.1, -0.05) is 23.2 Å². The van der Waals surface area contributed by atoms with E-state index in [0.29, 0.717) is 28.9 Å². The number of rotatable bonds is 6. The highest BCUT2D eigenvalue weighted by Crippen LogP contribution is 2.29. The van der Waals surface area contributed by atoms with Gasteiger partial charge in [0.1, 0.15) is 0 Å². The Kier molecular flexibility index (Phi) is 6.73. The first kappa shape index (κ1) is 14.6. The van der Waals surface area contributed by atoms with Gasteiger partial charge in [-0.15, -0.1) is 11.8 Å². The van der Waals surface area contributed by atoms with Crippen molar-refractivity contribution in [2.24, 2.45) is 5.73 Å². The Hall–Kier alpha value is -0.420. The highest BCUT2D eigenvalue weighted by atomic mass is 35.5. The minimum Gasteiger partial charge on any atom is -0.355 e. The van der Waals surface area contributed by atoms with E-state index in [1.165, 1.54) is 11.8 Å². The molecule has 0 atom stereocenters. The molecule has 0 radical (unpaired) electrons. The van der Waals surface area contributed by atoms with E-state index in [0.717, 1.165) is 11.3 Å². The molecule has 17 heavy (non-hydrogen) atoms. The largest absolute Gasteiger partial charge is 0.355 e. The summed E-state index contributed by atoms with van der Waals surface area (Å²) < 4.78 is 0. The number of carbonyl (C=O) groups excluding carboxylic acids is 1. The Labute approximate surface area is 115 Å². The van der Waals surface area contributed by atoms with Gasteiger partial charge in [0, 0.05) is 16.5 Å². The number of nitrogens with two attached hydrogens (primary N) is 1. The van der Waals surface area contributed by atoms with Crippen LogP contribution in [0.5, 0.6) is 0 Å². The third-order valence-corrected chi connectivity index (χ3v) is 3.69. The van der Waals surface area contributed by atoms with E-state index in [9.17, 15) is 4.79 Å². The van der Waals surface area contributed by atoms with Crippen LogP contribution in [0.25, 0.3) is 0 Å². The maximum absolute atomic E-state index is 11.4. The summed E-state index contributed by atoms with van der Waals surface area (Å²) in [6, 6.07) is 5.19. The molecule has 0 bridgehead atoms. The summed E-state index contributed by atoms with van der Waals surface area (Å²) in [6.07, 6.45) is 0.786. The Morgan fingerprint density at radius 3 is 2.88 bits per heavy atom. The molecule has 0 aliphatic heterocycles. The zero-order valence-corrected chi connectivity index (χ0v) is 11.5. The topological polar surface area (TPSA) is 55.1 Å². The van der Waals surface area contributed by atoms with Crippen molar-refractivity contribution in [3.8, 4) is 0 Å². The maximum atomic E-state index is 11.4. The van der Waals surface area contributed by atoms with Crippen LogP contribution in [-0.2, 0) is 4.79 Å². The zero-order chi connectivity index (χ0) is 12.7. The quantitative estimate of drug-likeness (QED) is 0.626. The smallest absolute Gasteiger partial charge is 0.230 e. The van der Waals surface area contributed by atoms with Crippen LogP contribution in [0.3, 0.4) is 0 Å². The Morgan fingerprint density at radius 1 is 1.41 bits per heavy atom. The average Bonchev–Trinajstić information content (AvgIpc) is 2.31. The van der Waals surface area contributed by atoms with Crippen LogP contribution in [0.1, 0.15) is 6.42 Å². The molecule has 0 spiro atoms. The second-order valence-corrected chi connectivity index (χ2v) is 5.22. The second kappa shape index (κ2) is 7.82. The van der Waals surface area contributed by atoms with E-state index in [1.807, 2.05) is 0 Å². The normalized spacial score (nSPS) is 10.3. The van der Waals surface area contributed by atoms with Gasteiger partial charge < -0.3 is 11.1 Å². The average molecular weight is 293 g/mol. The molecule has 0 fully saturated rings. The highest BCUT2D eigenvalue weighted by Gasteiger charge is 2.06.